The van der Waals surface area contributed by atoms with Crippen LogP contribution in [0.3, 0.4) is 0 Å². The summed E-state index contributed by atoms with van der Waals surface area (Å²) in [5.74, 6) is -1.39. The second-order valence-electron chi connectivity index (χ2n) is 3.45. The molecule has 0 fully saturated rings. The zero-order valence-corrected chi connectivity index (χ0v) is 10.1. The maximum Gasteiger partial charge on any atom is 0.425 e. The van der Waals surface area contributed by atoms with Crippen molar-refractivity contribution in [2.24, 2.45) is 0 Å². The van der Waals surface area contributed by atoms with E-state index >= 15 is 0 Å². The molecule has 0 unspecified atom stereocenters. The molecule has 0 saturated heterocycles. The van der Waals surface area contributed by atoms with Crippen LogP contribution in [0.4, 0.5) is 32.2 Å². The van der Waals surface area contributed by atoms with E-state index in [1.165, 1.54) is 0 Å². The summed E-state index contributed by atoms with van der Waals surface area (Å²) in [6, 6.07) is 1.24. The zero-order valence-electron chi connectivity index (χ0n) is 9.26. The van der Waals surface area contributed by atoms with Crippen molar-refractivity contribution in [3.63, 3.8) is 0 Å². The molecule has 0 bridgehead atoms. The van der Waals surface area contributed by atoms with Gasteiger partial charge in [0, 0.05) is 18.9 Å². The van der Waals surface area contributed by atoms with E-state index in [4.69, 9.17) is 0 Å². The maximum absolute atomic E-state index is 12.5. The first kappa shape index (κ1) is 15.7. The molecule has 1 atom stereocenters. The van der Waals surface area contributed by atoms with Crippen LogP contribution in [0.1, 0.15) is 12.5 Å². The largest absolute Gasteiger partial charge is 0.465 e. The second kappa shape index (κ2) is 5.35. The quantitative estimate of drug-likeness (QED) is 0.859. The molecule has 1 rings (SSSR count). The van der Waals surface area contributed by atoms with Crippen molar-refractivity contribution in [3.8, 4) is 5.88 Å². The molecule has 1 aromatic rings. The van der Waals surface area contributed by atoms with E-state index in [2.05, 4.69) is 22.5 Å². The fourth-order valence-electron chi connectivity index (χ4n) is 1.06. The van der Waals surface area contributed by atoms with Crippen molar-refractivity contribution in [1.29, 1.82) is 0 Å². The minimum atomic E-state index is -4.72. The third-order valence-electron chi connectivity index (χ3n) is 2.03. The normalized spacial score (nSPS) is 14.1. The van der Waals surface area contributed by atoms with Crippen LogP contribution in [0.25, 0.3) is 0 Å². The molecule has 10 heteroatoms. The van der Waals surface area contributed by atoms with Gasteiger partial charge in [0.1, 0.15) is 0 Å². The molecule has 0 spiro atoms. The molecule has 3 nitrogen and oxygen atoms in total. The van der Waals surface area contributed by atoms with Crippen molar-refractivity contribution < 1.29 is 31.1 Å². The highest BCUT2D eigenvalue weighted by Crippen LogP contribution is 2.35. The Morgan fingerprint density at radius 1 is 1.21 bits per heavy atom. The minimum absolute atomic E-state index is 0.542. The number of halogens is 6. The lowest BCUT2D eigenvalue weighted by Gasteiger charge is -2.18. The van der Waals surface area contributed by atoms with E-state index in [9.17, 15) is 26.3 Å². The van der Waals surface area contributed by atoms with Gasteiger partial charge in [0.15, 0.2) is 11.9 Å². The van der Waals surface area contributed by atoms with Gasteiger partial charge < -0.3 is 9.46 Å². The molecule has 1 N–H and O–H groups in total. The summed E-state index contributed by atoms with van der Waals surface area (Å²) in [4.78, 5) is 3.25. The van der Waals surface area contributed by atoms with Crippen LogP contribution in [0, 0.1) is 0 Å². The fraction of sp³-hybridized carbons (Fsp3) is 0.444. The first-order valence-corrected chi connectivity index (χ1v) is 5.16. The lowest BCUT2D eigenvalue weighted by atomic mass is 10.2. The molecule has 0 aromatic carbocycles. The fourth-order valence-corrected chi connectivity index (χ4v) is 1.22. The predicted molar refractivity (Wildman–Crippen MR) is 56.6 cm³/mol. The van der Waals surface area contributed by atoms with E-state index < -0.39 is 35.7 Å². The van der Waals surface area contributed by atoms with Crippen LogP contribution < -0.4 is 9.46 Å². The van der Waals surface area contributed by atoms with Crippen LogP contribution >= 0.6 is 12.8 Å². The summed E-state index contributed by atoms with van der Waals surface area (Å²) in [6.45, 7) is 0.708. The van der Waals surface area contributed by atoms with Crippen LogP contribution in [-0.4, -0.2) is 17.3 Å². The lowest BCUT2D eigenvalue weighted by molar-refractivity contribution is -0.190. The van der Waals surface area contributed by atoms with Gasteiger partial charge in [-0.3, -0.25) is 0 Å². The van der Waals surface area contributed by atoms with Gasteiger partial charge >= 0.3 is 12.4 Å². The monoisotopic (exact) mass is 305 g/mol. The van der Waals surface area contributed by atoms with Gasteiger partial charge in [0.05, 0.1) is 5.56 Å². The van der Waals surface area contributed by atoms with E-state index in [0.29, 0.717) is 19.1 Å². The van der Waals surface area contributed by atoms with Gasteiger partial charge in [-0.2, -0.15) is 31.3 Å². The summed E-state index contributed by atoms with van der Waals surface area (Å²) < 4.78 is 80.2. The average Bonchev–Trinajstić information content (AvgIpc) is 2.26. The number of hydrogen-bond donors (Lipinski definition) is 1. The Kier molecular flexibility index (Phi) is 4.43. The van der Waals surface area contributed by atoms with Crippen LogP contribution in [0.15, 0.2) is 12.1 Å². The topological polar surface area (TPSA) is 34.1 Å². The second-order valence-corrected chi connectivity index (χ2v) is 3.65. The number of anilines is 1. The number of ether oxygens (including phenoxy) is 1. The molecule has 19 heavy (non-hydrogen) atoms. The summed E-state index contributed by atoms with van der Waals surface area (Å²) in [6.07, 6.45) is -11.6. The Hall–Kier alpha value is -1.32. The highest BCUT2D eigenvalue weighted by atomic mass is 32.1. The Bertz CT molecular complexity index is 447. The number of nitrogens with zero attached hydrogens (tertiary/aromatic N) is 1. The van der Waals surface area contributed by atoms with E-state index in [-0.39, 0.29) is 0 Å². The van der Waals surface area contributed by atoms with Gasteiger partial charge in [-0.15, -0.1) is 0 Å². The first-order chi connectivity index (χ1) is 8.55. The average molecular weight is 305 g/mol. The van der Waals surface area contributed by atoms with Gasteiger partial charge in [-0.1, -0.05) is 0 Å². The SMILES string of the molecule is C[C@H](Oc1ccc(C(F)(F)F)c(N[S])n1)C(F)(F)F. The van der Waals surface area contributed by atoms with Crippen molar-refractivity contribution in [2.75, 3.05) is 4.72 Å². The Morgan fingerprint density at radius 2 is 1.79 bits per heavy atom. The molecular formula is C9H7F6N2OS. The molecule has 0 amide bonds. The number of nitrogens with one attached hydrogen (secondary N) is 1. The molecule has 1 aromatic heterocycles. The van der Waals surface area contributed by atoms with Gasteiger partial charge in [-0.25, -0.2) is 0 Å². The molecule has 1 radical (unpaired) electrons. The molecule has 0 aliphatic carbocycles. The maximum atomic E-state index is 12.5. The minimum Gasteiger partial charge on any atom is -0.465 e. The molecular weight excluding hydrogens is 298 g/mol. The van der Waals surface area contributed by atoms with Gasteiger partial charge in [0.25, 0.3) is 0 Å². The van der Waals surface area contributed by atoms with Crippen molar-refractivity contribution in [3.05, 3.63) is 17.7 Å². The summed E-state index contributed by atoms with van der Waals surface area (Å²) in [5, 5.41) is 0. The highest BCUT2D eigenvalue weighted by molar-refractivity contribution is 7.81. The van der Waals surface area contributed by atoms with Crippen molar-refractivity contribution in [2.45, 2.75) is 25.4 Å². The standard InChI is InChI=1S/C9H7F6N2OS/c1-4(8(10,11)12)18-6-3-2-5(9(13,14)15)7(16-6)17-19/h2-4H,1H3,(H,16,17)/t4-/m0/s1. The zero-order chi connectivity index (χ0) is 14.8. The van der Waals surface area contributed by atoms with Crippen molar-refractivity contribution in [1.82, 2.24) is 4.98 Å². The van der Waals surface area contributed by atoms with Gasteiger partial charge in [-0.05, 0) is 13.0 Å². The van der Waals surface area contributed by atoms with Crippen LogP contribution in [-0.2, 0) is 6.18 Å². The molecule has 0 aliphatic rings. The van der Waals surface area contributed by atoms with Gasteiger partial charge in [0.2, 0.25) is 5.88 Å². The summed E-state index contributed by atoms with van der Waals surface area (Å²) >= 11 is 4.23. The first-order valence-electron chi connectivity index (χ1n) is 4.75. The highest BCUT2D eigenvalue weighted by Gasteiger charge is 2.39. The molecule has 1 heterocycles. The van der Waals surface area contributed by atoms with E-state index in [0.717, 1.165) is 0 Å². The molecule has 0 aliphatic heterocycles. The number of alkyl halides is 6. The third-order valence-corrected chi connectivity index (χ3v) is 2.22. The summed E-state index contributed by atoms with van der Waals surface area (Å²) in [7, 11) is 0. The Morgan fingerprint density at radius 3 is 2.21 bits per heavy atom. The number of aromatic nitrogens is 1. The van der Waals surface area contributed by atoms with Crippen LogP contribution in [0.5, 0.6) is 5.88 Å². The number of hydrogen-bond acceptors (Lipinski definition) is 3. The van der Waals surface area contributed by atoms with E-state index in [1.807, 2.05) is 0 Å². The lowest BCUT2D eigenvalue weighted by Crippen LogP contribution is -2.31. The smallest absolute Gasteiger partial charge is 0.425 e. The Labute approximate surface area is 109 Å². The van der Waals surface area contributed by atoms with Crippen LogP contribution in [0.2, 0.25) is 0 Å². The molecule has 107 valence electrons. The number of pyridine rings is 1. The van der Waals surface area contributed by atoms with E-state index in [1.54, 1.807) is 4.72 Å². The number of rotatable bonds is 3. The molecule has 0 saturated carbocycles. The van der Waals surface area contributed by atoms with Crippen molar-refractivity contribution >= 4 is 18.6 Å². The third kappa shape index (κ3) is 4.08. The summed E-state index contributed by atoms with van der Waals surface area (Å²) in [5.41, 5.74) is -1.19. The Balaban J connectivity index is 3.02. The predicted octanol–water partition coefficient (Wildman–Crippen LogP) is 3.95.